The molecule has 2 aromatic rings. The zero-order valence-corrected chi connectivity index (χ0v) is 17.6. The third-order valence-corrected chi connectivity index (χ3v) is 5.94. The second-order valence-corrected chi connectivity index (χ2v) is 8.07. The van der Waals surface area contributed by atoms with Gasteiger partial charge in [0.25, 0.3) is 0 Å². The Morgan fingerprint density at radius 3 is 2.40 bits per heavy atom. The number of carbonyl (C=O) groups excluding carboxylic acids is 2. The third-order valence-electron chi connectivity index (χ3n) is 5.70. The lowest BCUT2D eigenvalue weighted by molar-refractivity contribution is -0.131. The van der Waals surface area contributed by atoms with Crippen molar-refractivity contribution in [3.05, 3.63) is 58.9 Å². The minimum atomic E-state index is -0.343. The lowest BCUT2D eigenvalue weighted by atomic mass is 10.1. The highest BCUT2D eigenvalue weighted by molar-refractivity contribution is 6.30. The second kappa shape index (κ2) is 8.52. The number of piperazine rings is 1. The van der Waals surface area contributed by atoms with E-state index in [2.05, 4.69) is 11.8 Å². The van der Waals surface area contributed by atoms with Gasteiger partial charge in [-0.25, -0.2) is 9.18 Å². The molecule has 0 spiro atoms. The Morgan fingerprint density at radius 2 is 1.70 bits per heavy atom. The Labute approximate surface area is 180 Å². The monoisotopic (exact) mass is 430 g/mol. The fraction of sp³-hybridized carbons (Fsp3) is 0.364. The van der Waals surface area contributed by atoms with E-state index in [1.54, 1.807) is 21.9 Å². The summed E-state index contributed by atoms with van der Waals surface area (Å²) >= 11 is 6.14. The standard InChI is InChI=1S/C22H24ClFN4O2/c1-16-2-3-17(23)14-20(16)25-8-10-26(11-9-25)21(29)15-27-12-13-28(22(27)30)19-6-4-18(24)5-7-19/h2-7,14H,8-13,15H2,1H3. The molecule has 0 unspecified atom stereocenters. The molecule has 0 aliphatic carbocycles. The zero-order valence-electron chi connectivity index (χ0n) is 16.9. The molecule has 2 aliphatic rings. The maximum absolute atomic E-state index is 13.1. The van der Waals surface area contributed by atoms with Crippen LogP contribution < -0.4 is 9.80 Å². The van der Waals surface area contributed by atoms with Crippen LogP contribution in [0, 0.1) is 12.7 Å². The van der Waals surface area contributed by atoms with E-state index in [0.29, 0.717) is 36.9 Å². The van der Waals surface area contributed by atoms with Crippen LogP contribution >= 0.6 is 11.6 Å². The summed E-state index contributed by atoms with van der Waals surface area (Å²) in [7, 11) is 0. The van der Waals surface area contributed by atoms with E-state index in [4.69, 9.17) is 11.6 Å². The van der Waals surface area contributed by atoms with Gasteiger partial charge in [-0.1, -0.05) is 17.7 Å². The van der Waals surface area contributed by atoms with E-state index < -0.39 is 0 Å². The molecule has 0 bridgehead atoms. The molecule has 0 aromatic heterocycles. The number of amides is 3. The maximum Gasteiger partial charge on any atom is 0.325 e. The number of aryl methyl sites for hydroxylation is 1. The summed E-state index contributed by atoms with van der Waals surface area (Å²) in [6.45, 7) is 5.74. The predicted octanol–water partition coefficient (Wildman–Crippen LogP) is 3.38. The summed E-state index contributed by atoms with van der Waals surface area (Å²) in [5.41, 5.74) is 2.89. The van der Waals surface area contributed by atoms with Crippen LogP contribution in [0.5, 0.6) is 0 Å². The number of halogens is 2. The zero-order chi connectivity index (χ0) is 21.3. The van der Waals surface area contributed by atoms with Gasteiger partial charge in [-0.05, 0) is 48.9 Å². The van der Waals surface area contributed by atoms with Crippen molar-refractivity contribution in [2.45, 2.75) is 6.92 Å². The molecule has 158 valence electrons. The summed E-state index contributed by atoms with van der Waals surface area (Å²) in [5, 5.41) is 0.701. The van der Waals surface area contributed by atoms with E-state index in [9.17, 15) is 14.0 Å². The summed E-state index contributed by atoms with van der Waals surface area (Å²) in [6, 6.07) is 11.4. The number of carbonyl (C=O) groups is 2. The minimum Gasteiger partial charge on any atom is -0.368 e. The van der Waals surface area contributed by atoms with Crippen LogP contribution in [0.2, 0.25) is 5.02 Å². The van der Waals surface area contributed by atoms with Gasteiger partial charge in [0, 0.05) is 55.7 Å². The molecule has 3 amide bonds. The molecule has 0 atom stereocenters. The first-order valence-corrected chi connectivity index (χ1v) is 10.4. The van der Waals surface area contributed by atoms with Crippen molar-refractivity contribution in [2.75, 3.05) is 55.6 Å². The van der Waals surface area contributed by atoms with Crippen molar-refractivity contribution in [1.29, 1.82) is 0 Å². The van der Waals surface area contributed by atoms with Gasteiger partial charge in [0.05, 0.1) is 0 Å². The predicted molar refractivity (Wildman–Crippen MR) is 116 cm³/mol. The lowest BCUT2D eigenvalue weighted by Gasteiger charge is -2.37. The highest BCUT2D eigenvalue weighted by Gasteiger charge is 2.32. The van der Waals surface area contributed by atoms with Crippen molar-refractivity contribution < 1.29 is 14.0 Å². The van der Waals surface area contributed by atoms with Gasteiger partial charge in [0.2, 0.25) is 5.91 Å². The third kappa shape index (κ3) is 4.21. The molecule has 8 heteroatoms. The summed E-state index contributed by atoms with van der Waals surface area (Å²) in [4.78, 5) is 32.6. The molecular weight excluding hydrogens is 407 g/mol. The maximum atomic E-state index is 13.1. The number of benzene rings is 2. The number of nitrogens with zero attached hydrogens (tertiary/aromatic N) is 4. The number of hydrogen-bond donors (Lipinski definition) is 0. The molecule has 2 heterocycles. The normalized spacial score (nSPS) is 17.1. The van der Waals surface area contributed by atoms with Crippen LogP contribution in [0.3, 0.4) is 0 Å². The molecule has 2 saturated heterocycles. The van der Waals surface area contributed by atoms with Crippen LogP contribution in [0.15, 0.2) is 42.5 Å². The number of anilines is 2. The largest absolute Gasteiger partial charge is 0.368 e. The van der Waals surface area contributed by atoms with Crippen LogP contribution in [0.25, 0.3) is 0 Å². The first kappa shape index (κ1) is 20.5. The topological polar surface area (TPSA) is 47.1 Å². The van der Waals surface area contributed by atoms with E-state index in [0.717, 1.165) is 24.3 Å². The Bertz CT molecular complexity index is 945. The number of urea groups is 1. The molecule has 0 radical (unpaired) electrons. The first-order valence-electron chi connectivity index (χ1n) is 10.0. The average molecular weight is 431 g/mol. The van der Waals surface area contributed by atoms with Crippen molar-refractivity contribution in [3.8, 4) is 0 Å². The molecule has 6 nitrogen and oxygen atoms in total. The van der Waals surface area contributed by atoms with Crippen LogP contribution in [0.4, 0.5) is 20.6 Å². The first-order chi connectivity index (χ1) is 14.4. The van der Waals surface area contributed by atoms with Gasteiger partial charge >= 0.3 is 6.03 Å². The smallest absolute Gasteiger partial charge is 0.325 e. The highest BCUT2D eigenvalue weighted by Crippen LogP contribution is 2.25. The van der Waals surface area contributed by atoms with Crippen LogP contribution in [-0.4, -0.2) is 67.6 Å². The van der Waals surface area contributed by atoms with Gasteiger partial charge in [-0.15, -0.1) is 0 Å². The van der Waals surface area contributed by atoms with Gasteiger partial charge < -0.3 is 14.7 Å². The number of hydrogen-bond acceptors (Lipinski definition) is 3. The molecule has 2 fully saturated rings. The van der Waals surface area contributed by atoms with Crippen molar-refractivity contribution in [1.82, 2.24) is 9.80 Å². The molecular formula is C22H24ClFN4O2. The lowest BCUT2D eigenvalue weighted by Crippen LogP contribution is -2.51. The average Bonchev–Trinajstić information content (AvgIpc) is 3.10. The molecule has 0 N–H and O–H groups in total. The van der Waals surface area contributed by atoms with Gasteiger partial charge in [-0.2, -0.15) is 0 Å². The van der Waals surface area contributed by atoms with Gasteiger partial charge in [0.1, 0.15) is 12.4 Å². The summed E-state index contributed by atoms with van der Waals surface area (Å²) in [5.74, 6) is -0.392. The number of rotatable bonds is 4. The summed E-state index contributed by atoms with van der Waals surface area (Å²) in [6.07, 6.45) is 0. The van der Waals surface area contributed by atoms with Crippen molar-refractivity contribution in [3.63, 3.8) is 0 Å². The Balaban J connectivity index is 1.32. The Hall–Kier alpha value is -2.80. The Kier molecular flexibility index (Phi) is 5.81. The van der Waals surface area contributed by atoms with E-state index in [1.807, 2.05) is 23.1 Å². The van der Waals surface area contributed by atoms with E-state index in [1.165, 1.54) is 12.1 Å². The molecule has 2 aliphatic heterocycles. The van der Waals surface area contributed by atoms with Gasteiger partial charge in [-0.3, -0.25) is 9.69 Å². The SMILES string of the molecule is Cc1ccc(Cl)cc1N1CCN(C(=O)CN2CCN(c3ccc(F)cc3)C2=O)CC1. The fourth-order valence-electron chi connectivity index (χ4n) is 3.97. The Morgan fingerprint density at radius 1 is 1.00 bits per heavy atom. The van der Waals surface area contributed by atoms with Crippen molar-refractivity contribution >= 4 is 34.9 Å². The molecule has 4 rings (SSSR count). The quantitative estimate of drug-likeness (QED) is 0.747. The summed E-state index contributed by atoms with van der Waals surface area (Å²) < 4.78 is 13.1. The highest BCUT2D eigenvalue weighted by atomic mass is 35.5. The van der Waals surface area contributed by atoms with Crippen LogP contribution in [-0.2, 0) is 4.79 Å². The fourth-order valence-corrected chi connectivity index (χ4v) is 4.14. The second-order valence-electron chi connectivity index (χ2n) is 7.63. The molecule has 0 saturated carbocycles. The molecule has 30 heavy (non-hydrogen) atoms. The van der Waals surface area contributed by atoms with Crippen LogP contribution in [0.1, 0.15) is 5.56 Å². The van der Waals surface area contributed by atoms with Gasteiger partial charge in [0.15, 0.2) is 0 Å². The molecule has 2 aromatic carbocycles. The van der Waals surface area contributed by atoms with E-state index in [-0.39, 0.29) is 24.3 Å². The minimum absolute atomic E-state index is 0.0493. The van der Waals surface area contributed by atoms with Crippen molar-refractivity contribution in [2.24, 2.45) is 0 Å². The van der Waals surface area contributed by atoms with E-state index >= 15 is 0 Å².